The fourth-order valence-electron chi connectivity index (χ4n) is 4.36. The predicted octanol–water partition coefficient (Wildman–Crippen LogP) is 4.16. The molecule has 176 valence electrons. The molecule has 1 aliphatic rings. The molecule has 0 aliphatic carbocycles. The summed E-state index contributed by atoms with van der Waals surface area (Å²) in [7, 11) is 0. The van der Waals surface area contributed by atoms with Gasteiger partial charge in [-0.05, 0) is 31.9 Å². The van der Waals surface area contributed by atoms with Gasteiger partial charge in [0.05, 0.1) is 35.6 Å². The van der Waals surface area contributed by atoms with Gasteiger partial charge in [0.15, 0.2) is 0 Å². The molecule has 2 aromatic heterocycles. The number of rotatable bonds is 7. The molecule has 0 spiro atoms. The van der Waals surface area contributed by atoms with Crippen LogP contribution < -0.4 is 5.32 Å². The number of hydrogen-bond acceptors (Lipinski definition) is 6. The number of nitrogens with one attached hydrogen (secondary N) is 1. The lowest BCUT2D eigenvalue weighted by atomic mass is 9.87. The second-order valence-corrected chi connectivity index (χ2v) is 8.46. The van der Waals surface area contributed by atoms with Crippen molar-refractivity contribution in [3.8, 4) is 0 Å². The van der Waals surface area contributed by atoms with Gasteiger partial charge in [0, 0.05) is 42.5 Å². The molecule has 3 N–H and O–H groups in total. The lowest BCUT2D eigenvalue weighted by molar-refractivity contribution is -0.0316. The average molecular weight is 461 g/mol. The number of hydrogen-bond donors (Lipinski definition) is 3. The number of pyridine rings is 2. The number of likely N-dealkylation sites (tertiary alicyclic amines) is 1. The number of alkyl halides is 2. The van der Waals surface area contributed by atoms with Crippen molar-refractivity contribution in [1.29, 1.82) is 0 Å². The normalized spacial score (nSPS) is 17.4. The van der Waals surface area contributed by atoms with Gasteiger partial charge in [-0.2, -0.15) is 0 Å². The Morgan fingerprint density at radius 2 is 1.88 bits per heavy atom. The fourth-order valence-corrected chi connectivity index (χ4v) is 4.36. The summed E-state index contributed by atoms with van der Waals surface area (Å²) in [6.07, 6.45) is 1.26. The first kappa shape index (κ1) is 23.4. The second kappa shape index (κ2) is 9.62. The maximum atomic E-state index is 14.6. The van der Waals surface area contributed by atoms with Crippen molar-refractivity contribution in [3.05, 3.63) is 65.4 Å². The summed E-state index contributed by atoms with van der Waals surface area (Å²) >= 11 is 0. The van der Waals surface area contributed by atoms with Gasteiger partial charge in [-0.15, -0.1) is 0 Å². The number of fused-ring (bicyclic) bond motifs is 1. The molecule has 0 radical (unpaired) electrons. The van der Waals surface area contributed by atoms with Gasteiger partial charge >= 0.3 is 0 Å². The number of benzene rings is 1. The van der Waals surface area contributed by atoms with Crippen LogP contribution in [-0.4, -0.2) is 51.3 Å². The van der Waals surface area contributed by atoms with Crippen molar-refractivity contribution in [3.63, 3.8) is 0 Å². The third-order valence-electron chi connectivity index (χ3n) is 6.34. The highest BCUT2D eigenvalue weighted by atomic mass is 19.3. The quantitative estimate of drug-likeness (QED) is 0.491. The van der Waals surface area contributed by atoms with E-state index in [0.717, 1.165) is 6.07 Å². The van der Waals surface area contributed by atoms with Crippen LogP contribution in [-0.2, 0) is 5.60 Å². The van der Waals surface area contributed by atoms with Crippen LogP contribution >= 0.6 is 0 Å². The van der Waals surface area contributed by atoms with Crippen LogP contribution in [0.3, 0.4) is 0 Å². The Bertz CT molecular complexity index is 1120. The molecule has 33 heavy (non-hydrogen) atoms. The maximum absolute atomic E-state index is 14.6. The van der Waals surface area contributed by atoms with Gasteiger partial charge in [-0.1, -0.05) is 18.2 Å². The Kier molecular flexibility index (Phi) is 6.83. The van der Waals surface area contributed by atoms with Crippen LogP contribution in [0.15, 0.2) is 42.7 Å². The highest BCUT2D eigenvalue weighted by Gasteiger charge is 2.35. The van der Waals surface area contributed by atoms with Gasteiger partial charge in [0.25, 0.3) is 6.43 Å². The number of β-amino-alcohol motifs (C(OH)–C–C–N with tert-alkyl or cyclic N) is 1. The van der Waals surface area contributed by atoms with Crippen molar-refractivity contribution < 1.29 is 23.4 Å². The molecule has 4 rings (SSSR count). The van der Waals surface area contributed by atoms with E-state index < -0.39 is 29.4 Å². The molecule has 3 heterocycles. The first-order chi connectivity index (χ1) is 15.8. The minimum atomic E-state index is -2.89. The van der Waals surface area contributed by atoms with E-state index >= 15 is 0 Å². The van der Waals surface area contributed by atoms with Crippen molar-refractivity contribution in [1.82, 2.24) is 14.9 Å². The standard InChI is InChI=1S/C24H27F3N4O2/c1-15(16-3-2-4-17(22(16)25)23(26)27)30-19-5-8-28-20-14-29-21(13-18(19)20)24(33)6-9-31(10-7-24)11-12-32/h2-5,8,13-15,23,32-33H,6-7,9-12H2,1H3,(H,28,30)/t15-/m1/s1. The number of aliphatic hydroxyl groups excluding tert-OH is 1. The van der Waals surface area contributed by atoms with Crippen LogP contribution in [0.2, 0.25) is 0 Å². The van der Waals surface area contributed by atoms with E-state index in [1.807, 2.05) is 0 Å². The summed E-state index contributed by atoms with van der Waals surface area (Å²) in [5, 5.41) is 24.3. The number of anilines is 1. The molecule has 6 nitrogen and oxygen atoms in total. The van der Waals surface area contributed by atoms with E-state index in [0.29, 0.717) is 54.8 Å². The van der Waals surface area contributed by atoms with E-state index in [2.05, 4.69) is 20.2 Å². The van der Waals surface area contributed by atoms with E-state index in [4.69, 9.17) is 5.11 Å². The molecule has 1 saturated heterocycles. The highest BCUT2D eigenvalue weighted by molar-refractivity contribution is 5.91. The summed E-state index contributed by atoms with van der Waals surface area (Å²) in [6.45, 7) is 3.64. The molecule has 9 heteroatoms. The van der Waals surface area contributed by atoms with E-state index in [9.17, 15) is 18.3 Å². The first-order valence-corrected chi connectivity index (χ1v) is 11.0. The Morgan fingerprint density at radius 1 is 1.15 bits per heavy atom. The van der Waals surface area contributed by atoms with Crippen molar-refractivity contribution in [2.45, 2.75) is 37.8 Å². The lowest BCUT2D eigenvalue weighted by Crippen LogP contribution is -2.43. The molecule has 3 aromatic rings. The summed E-state index contributed by atoms with van der Waals surface area (Å²) in [4.78, 5) is 10.9. The minimum absolute atomic E-state index is 0.0757. The Labute approximate surface area is 190 Å². The van der Waals surface area contributed by atoms with Crippen LogP contribution in [0.1, 0.15) is 49.1 Å². The third-order valence-corrected chi connectivity index (χ3v) is 6.34. The fraction of sp³-hybridized carbons (Fsp3) is 0.417. The largest absolute Gasteiger partial charge is 0.395 e. The van der Waals surface area contributed by atoms with Crippen LogP contribution in [0, 0.1) is 5.82 Å². The van der Waals surface area contributed by atoms with E-state index in [-0.39, 0.29) is 12.2 Å². The zero-order valence-corrected chi connectivity index (χ0v) is 18.3. The van der Waals surface area contributed by atoms with Crippen molar-refractivity contribution in [2.24, 2.45) is 0 Å². The van der Waals surface area contributed by atoms with E-state index in [1.54, 1.807) is 31.5 Å². The van der Waals surface area contributed by atoms with E-state index in [1.165, 1.54) is 12.1 Å². The van der Waals surface area contributed by atoms with Gasteiger partial charge in [-0.3, -0.25) is 9.97 Å². The zero-order valence-electron chi connectivity index (χ0n) is 18.3. The Morgan fingerprint density at radius 3 is 2.58 bits per heavy atom. The highest BCUT2D eigenvalue weighted by Crippen LogP contribution is 2.35. The summed E-state index contributed by atoms with van der Waals surface area (Å²) in [5.41, 5.74) is 0.173. The van der Waals surface area contributed by atoms with Crippen LogP contribution in [0.5, 0.6) is 0 Å². The Hall–Kier alpha value is -2.75. The number of piperidine rings is 1. The molecule has 0 unspecified atom stereocenters. The van der Waals surface area contributed by atoms with Gasteiger partial charge in [0.2, 0.25) is 0 Å². The molecule has 0 saturated carbocycles. The number of nitrogens with zero attached hydrogens (tertiary/aromatic N) is 3. The van der Waals surface area contributed by atoms with Gasteiger partial charge in [-0.25, -0.2) is 13.2 Å². The third kappa shape index (κ3) is 4.80. The molecule has 1 atom stereocenters. The topological polar surface area (TPSA) is 81.5 Å². The van der Waals surface area contributed by atoms with Gasteiger partial charge in [0.1, 0.15) is 11.4 Å². The van der Waals surface area contributed by atoms with Crippen molar-refractivity contribution in [2.75, 3.05) is 31.6 Å². The molecule has 1 aliphatic heterocycles. The summed E-state index contributed by atoms with van der Waals surface area (Å²) in [6, 6.07) is 6.91. The second-order valence-electron chi connectivity index (χ2n) is 8.46. The number of aromatic nitrogens is 2. The van der Waals surface area contributed by atoms with Crippen molar-refractivity contribution >= 4 is 16.6 Å². The Balaban J connectivity index is 1.62. The predicted molar refractivity (Wildman–Crippen MR) is 120 cm³/mol. The molecule has 0 amide bonds. The first-order valence-electron chi connectivity index (χ1n) is 11.0. The number of halogens is 3. The zero-order chi connectivity index (χ0) is 23.6. The summed E-state index contributed by atoms with van der Waals surface area (Å²) < 4.78 is 40.9. The molecule has 0 bridgehead atoms. The number of aliphatic hydroxyl groups is 2. The SMILES string of the molecule is C[C@@H](Nc1ccnc2cnc(C3(O)CCN(CCO)CC3)cc12)c1cccc(C(F)F)c1F. The smallest absolute Gasteiger partial charge is 0.266 e. The summed E-state index contributed by atoms with van der Waals surface area (Å²) in [5.74, 6) is -0.919. The van der Waals surface area contributed by atoms with Gasteiger partial charge < -0.3 is 20.4 Å². The monoisotopic (exact) mass is 460 g/mol. The minimum Gasteiger partial charge on any atom is -0.395 e. The average Bonchev–Trinajstić information content (AvgIpc) is 2.80. The molecule has 1 fully saturated rings. The lowest BCUT2D eigenvalue weighted by Gasteiger charge is -2.37. The van der Waals surface area contributed by atoms with Crippen LogP contribution in [0.4, 0.5) is 18.9 Å². The molecule has 1 aromatic carbocycles. The molecular formula is C24H27F3N4O2. The maximum Gasteiger partial charge on any atom is 0.266 e. The van der Waals surface area contributed by atoms with Crippen LogP contribution in [0.25, 0.3) is 10.9 Å². The molecular weight excluding hydrogens is 433 g/mol.